The van der Waals surface area contributed by atoms with E-state index in [2.05, 4.69) is 39.4 Å². The van der Waals surface area contributed by atoms with Gasteiger partial charge in [0.05, 0.1) is 0 Å². The molecular weight excluding hydrogens is 282 g/mol. The lowest BCUT2D eigenvalue weighted by Crippen LogP contribution is -2.34. The van der Waals surface area contributed by atoms with Gasteiger partial charge in [-0.3, -0.25) is 0 Å². The largest absolute Gasteiger partial charge is 0.388 e. The number of rotatable bonds is 6. The van der Waals surface area contributed by atoms with Crippen molar-refractivity contribution in [2.75, 3.05) is 50.0 Å². The molecule has 3 rings (SSSR count). The summed E-state index contributed by atoms with van der Waals surface area (Å²) in [6.07, 6.45) is 9.87. The van der Waals surface area contributed by atoms with Crippen LogP contribution in [0.15, 0.2) is 24.3 Å². The summed E-state index contributed by atoms with van der Waals surface area (Å²) in [5.41, 5.74) is 2.58. The minimum atomic E-state index is 0.952. The molecule has 2 aliphatic heterocycles. The van der Waals surface area contributed by atoms with Crippen LogP contribution in [0.3, 0.4) is 0 Å². The Kier molecular flexibility index (Phi) is 6.21. The molecule has 128 valence electrons. The summed E-state index contributed by atoms with van der Waals surface area (Å²) in [5, 5.41) is 3.19. The molecule has 0 spiro atoms. The molecular formula is C20H33N3. The average Bonchev–Trinajstić information content (AvgIpc) is 2.63. The average molecular weight is 316 g/mol. The maximum Gasteiger partial charge on any atom is 0.0367 e. The Balaban J connectivity index is 1.36. The minimum absolute atomic E-state index is 0.952. The Bertz CT molecular complexity index is 442. The van der Waals surface area contributed by atoms with Gasteiger partial charge >= 0.3 is 0 Å². The van der Waals surface area contributed by atoms with Crippen LogP contribution in [0, 0.1) is 5.92 Å². The Morgan fingerprint density at radius 3 is 2.30 bits per heavy atom. The Labute approximate surface area is 142 Å². The SMILES string of the molecule is CNc1ccc(N2CCC(CCCN3CCCCC3)CC2)cc1. The third-order valence-corrected chi connectivity index (χ3v) is 5.67. The third kappa shape index (κ3) is 4.87. The summed E-state index contributed by atoms with van der Waals surface area (Å²) >= 11 is 0. The molecule has 0 bridgehead atoms. The quantitative estimate of drug-likeness (QED) is 0.848. The van der Waals surface area contributed by atoms with Gasteiger partial charge < -0.3 is 15.1 Å². The second kappa shape index (κ2) is 8.58. The predicted octanol–water partition coefficient (Wildman–Crippen LogP) is 4.21. The van der Waals surface area contributed by atoms with Crippen molar-refractivity contribution < 1.29 is 0 Å². The number of anilines is 2. The van der Waals surface area contributed by atoms with Crippen molar-refractivity contribution in [3.05, 3.63) is 24.3 Å². The molecule has 2 heterocycles. The zero-order valence-electron chi connectivity index (χ0n) is 14.8. The highest BCUT2D eigenvalue weighted by Crippen LogP contribution is 2.27. The van der Waals surface area contributed by atoms with Crippen LogP contribution in [0.1, 0.15) is 44.9 Å². The number of nitrogens with one attached hydrogen (secondary N) is 1. The van der Waals surface area contributed by atoms with E-state index in [1.54, 1.807) is 0 Å². The lowest BCUT2D eigenvalue weighted by Gasteiger charge is -2.34. The van der Waals surface area contributed by atoms with Crippen molar-refractivity contribution in [1.29, 1.82) is 0 Å². The lowest BCUT2D eigenvalue weighted by molar-refractivity contribution is 0.217. The number of hydrogen-bond donors (Lipinski definition) is 1. The monoisotopic (exact) mass is 315 g/mol. The number of hydrogen-bond acceptors (Lipinski definition) is 3. The molecule has 0 aromatic heterocycles. The first-order valence-electron chi connectivity index (χ1n) is 9.60. The minimum Gasteiger partial charge on any atom is -0.388 e. The zero-order valence-corrected chi connectivity index (χ0v) is 14.8. The molecule has 3 nitrogen and oxygen atoms in total. The highest BCUT2D eigenvalue weighted by atomic mass is 15.1. The lowest BCUT2D eigenvalue weighted by atomic mass is 9.91. The normalized spacial score (nSPS) is 20.7. The van der Waals surface area contributed by atoms with Crippen LogP contribution < -0.4 is 10.2 Å². The second-order valence-corrected chi connectivity index (χ2v) is 7.27. The van der Waals surface area contributed by atoms with Crippen LogP contribution in [-0.2, 0) is 0 Å². The van der Waals surface area contributed by atoms with Gasteiger partial charge in [0.1, 0.15) is 0 Å². The van der Waals surface area contributed by atoms with Gasteiger partial charge in [0.15, 0.2) is 0 Å². The van der Waals surface area contributed by atoms with Crippen molar-refractivity contribution >= 4 is 11.4 Å². The molecule has 2 saturated heterocycles. The van der Waals surface area contributed by atoms with Crippen molar-refractivity contribution in [3.63, 3.8) is 0 Å². The number of nitrogens with zero attached hydrogens (tertiary/aromatic N) is 2. The van der Waals surface area contributed by atoms with Crippen LogP contribution in [0.2, 0.25) is 0 Å². The molecule has 0 amide bonds. The molecule has 2 aliphatic rings. The van der Waals surface area contributed by atoms with Gasteiger partial charge in [-0.2, -0.15) is 0 Å². The zero-order chi connectivity index (χ0) is 15.9. The Morgan fingerprint density at radius 2 is 1.65 bits per heavy atom. The summed E-state index contributed by atoms with van der Waals surface area (Å²) in [7, 11) is 1.98. The van der Waals surface area contributed by atoms with Crippen LogP contribution >= 0.6 is 0 Å². The van der Waals surface area contributed by atoms with E-state index in [1.165, 1.54) is 89.0 Å². The number of likely N-dealkylation sites (tertiary alicyclic amines) is 1. The van der Waals surface area contributed by atoms with E-state index in [1.807, 2.05) is 7.05 Å². The van der Waals surface area contributed by atoms with Crippen molar-refractivity contribution in [1.82, 2.24) is 4.90 Å². The number of benzene rings is 1. The maximum atomic E-state index is 3.19. The van der Waals surface area contributed by atoms with Crippen molar-refractivity contribution in [2.24, 2.45) is 5.92 Å². The van der Waals surface area contributed by atoms with E-state index in [0.29, 0.717) is 0 Å². The van der Waals surface area contributed by atoms with Crippen LogP contribution in [0.4, 0.5) is 11.4 Å². The molecule has 0 aliphatic carbocycles. The Hall–Kier alpha value is -1.22. The fourth-order valence-corrected chi connectivity index (χ4v) is 4.11. The molecule has 0 radical (unpaired) electrons. The topological polar surface area (TPSA) is 18.5 Å². The van der Waals surface area contributed by atoms with Gasteiger partial charge in [-0.25, -0.2) is 0 Å². The summed E-state index contributed by atoms with van der Waals surface area (Å²) < 4.78 is 0. The maximum absolute atomic E-state index is 3.19. The summed E-state index contributed by atoms with van der Waals surface area (Å²) in [5.74, 6) is 0.952. The Morgan fingerprint density at radius 1 is 0.957 bits per heavy atom. The van der Waals surface area contributed by atoms with E-state index in [4.69, 9.17) is 0 Å². The van der Waals surface area contributed by atoms with Gasteiger partial charge in [-0.05, 0) is 88.3 Å². The molecule has 1 aromatic rings. The first-order chi connectivity index (χ1) is 11.3. The fraction of sp³-hybridized carbons (Fsp3) is 0.700. The van der Waals surface area contributed by atoms with E-state index < -0.39 is 0 Å². The highest BCUT2D eigenvalue weighted by molar-refractivity contribution is 5.55. The van der Waals surface area contributed by atoms with Gasteiger partial charge in [-0.1, -0.05) is 6.42 Å². The van der Waals surface area contributed by atoms with Crippen molar-refractivity contribution in [2.45, 2.75) is 44.9 Å². The van der Waals surface area contributed by atoms with Crippen LogP contribution in [0.25, 0.3) is 0 Å². The smallest absolute Gasteiger partial charge is 0.0367 e. The number of piperidine rings is 2. The summed E-state index contributed by atoms with van der Waals surface area (Å²) in [6.45, 7) is 6.49. The van der Waals surface area contributed by atoms with E-state index >= 15 is 0 Å². The second-order valence-electron chi connectivity index (χ2n) is 7.27. The molecule has 0 saturated carbocycles. The van der Waals surface area contributed by atoms with E-state index in [0.717, 1.165) is 5.92 Å². The standard InChI is InChI=1S/C20H33N3/c1-21-19-7-9-20(10-8-19)23-16-11-18(12-17-23)6-5-15-22-13-3-2-4-14-22/h7-10,18,21H,2-6,11-17H2,1H3. The van der Waals surface area contributed by atoms with E-state index in [-0.39, 0.29) is 0 Å². The third-order valence-electron chi connectivity index (χ3n) is 5.67. The van der Waals surface area contributed by atoms with E-state index in [9.17, 15) is 0 Å². The predicted molar refractivity (Wildman–Crippen MR) is 100 cm³/mol. The first-order valence-corrected chi connectivity index (χ1v) is 9.60. The summed E-state index contributed by atoms with van der Waals surface area (Å²) in [4.78, 5) is 5.24. The molecule has 1 aromatic carbocycles. The highest BCUT2D eigenvalue weighted by Gasteiger charge is 2.19. The molecule has 2 fully saturated rings. The van der Waals surface area contributed by atoms with Gasteiger partial charge in [-0.15, -0.1) is 0 Å². The fourth-order valence-electron chi connectivity index (χ4n) is 4.11. The molecule has 0 atom stereocenters. The molecule has 23 heavy (non-hydrogen) atoms. The van der Waals surface area contributed by atoms with Crippen LogP contribution in [0.5, 0.6) is 0 Å². The van der Waals surface area contributed by atoms with Gasteiger partial charge in [0.25, 0.3) is 0 Å². The summed E-state index contributed by atoms with van der Waals surface area (Å²) in [6, 6.07) is 8.87. The molecule has 0 unspecified atom stereocenters. The van der Waals surface area contributed by atoms with Gasteiger partial charge in [0, 0.05) is 31.5 Å². The van der Waals surface area contributed by atoms with Crippen molar-refractivity contribution in [3.8, 4) is 0 Å². The van der Waals surface area contributed by atoms with Gasteiger partial charge in [0.2, 0.25) is 0 Å². The molecule has 3 heteroatoms. The van der Waals surface area contributed by atoms with Crippen LogP contribution in [-0.4, -0.2) is 44.7 Å². The molecule has 1 N–H and O–H groups in total. The first kappa shape index (κ1) is 16.6.